The third-order valence-corrected chi connectivity index (χ3v) is 3.01. The molecule has 0 aliphatic rings. The van der Waals surface area contributed by atoms with Crippen LogP contribution in [0.4, 0.5) is 4.39 Å². The summed E-state index contributed by atoms with van der Waals surface area (Å²) in [6.45, 7) is 4.48. The lowest BCUT2D eigenvalue weighted by Crippen LogP contribution is -2.19. The van der Waals surface area contributed by atoms with Gasteiger partial charge in [-0.15, -0.1) is 0 Å². The minimum Gasteiger partial charge on any atom is -0.383 e. The van der Waals surface area contributed by atoms with E-state index in [0.29, 0.717) is 17.0 Å². The van der Waals surface area contributed by atoms with Crippen LogP contribution in [0.3, 0.4) is 0 Å². The van der Waals surface area contributed by atoms with E-state index < -0.39 is 0 Å². The van der Waals surface area contributed by atoms with Gasteiger partial charge in [0.25, 0.3) is 0 Å². The summed E-state index contributed by atoms with van der Waals surface area (Å²) in [7, 11) is 1.69. The molecule has 0 fully saturated rings. The lowest BCUT2D eigenvalue weighted by atomic mass is 10.0. The number of allylic oxidation sites excluding steroid dienone is 1. The van der Waals surface area contributed by atoms with Crippen molar-refractivity contribution >= 4 is 11.6 Å². The molecule has 0 saturated heterocycles. The SMILES string of the molecule is COCCNCC/C=C(/C)Cc1cc(Cl)ccc1F. The third kappa shape index (κ3) is 6.71. The Kier molecular flexibility index (Phi) is 7.72. The van der Waals surface area contributed by atoms with Crippen LogP contribution in [0.5, 0.6) is 0 Å². The van der Waals surface area contributed by atoms with Gasteiger partial charge in [0.05, 0.1) is 6.61 Å². The predicted octanol–water partition coefficient (Wildman–Crippen LogP) is 3.59. The van der Waals surface area contributed by atoms with Crippen molar-refractivity contribution in [1.29, 1.82) is 0 Å². The second-order valence-corrected chi connectivity index (χ2v) is 4.93. The van der Waals surface area contributed by atoms with E-state index in [0.717, 1.165) is 31.7 Å². The van der Waals surface area contributed by atoms with E-state index in [2.05, 4.69) is 11.4 Å². The highest BCUT2D eigenvalue weighted by Gasteiger charge is 2.03. The maximum absolute atomic E-state index is 13.5. The fourth-order valence-electron chi connectivity index (χ4n) is 1.77. The van der Waals surface area contributed by atoms with Crippen LogP contribution in [0.2, 0.25) is 5.02 Å². The van der Waals surface area contributed by atoms with Gasteiger partial charge in [0.2, 0.25) is 0 Å². The first-order valence-electron chi connectivity index (χ1n) is 6.42. The van der Waals surface area contributed by atoms with Gasteiger partial charge in [-0.1, -0.05) is 23.3 Å². The van der Waals surface area contributed by atoms with Crippen molar-refractivity contribution in [3.05, 3.63) is 46.3 Å². The Labute approximate surface area is 119 Å². The topological polar surface area (TPSA) is 21.3 Å². The van der Waals surface area contributed by atoms with Gasteiger partial charge < -0.3 is 10.1 Å². The molecular weight excluding hydrogens is 265 g/mol. The molecule has 0 radical (unpaired) electrons. The molecule has 0 aliphatic carbocycles. The smallest absolute Gasteiger partial charge is 0.126 e. The molecule has 0 unspecified atom stereocenters. The number of hydrogen-bond acceptors (Lipinski definition) is 2. The first-order chi connectivity index (χ1) is 9.13. The van der Waals surface area contributed by atoms with Crippen molar-refractivity contribution in [1.82, 2.24) is 5.32 Å². The number of benzene rings is 1. The molecule has 0 bridgehead atoms. The van der Waals surface area contributed by atoms with Gasteiger partial charge in [0.1, 0.15) is 5.82 Å². The van der Waals surface area contributed by atoms with E-state index >= 15 is 0 Å². The molecule has 0 heterocycles. The Morgan fingerprint density at radius 3 is 2.95 bits per heavy atom. The van der Waals surface area contributed by atoms with Crippen LogP contribution < -0.4 is 5.32 Å². The molecule has 0 saturated carbocycles. The Bertz CT molecular complexity index is 421. The summed E-state index contributed by atoms with van der Waals surface area (Å²) in [6.07, 6.45) is 3.66. The summed E-state index contributed by atoms with van der Waals surface area (Å²) in [5.41, 5.74) is 1.79. The van der Waals surface area contributed by atoms with Crippen LogP contribution in [0.25, 0.3) is 0 Å². The fraction of sp³-hybridized carbons (Fsp3) is 0.467. The molecule has 2 nitrogen and oxygen atoms in total. The van der Waals surface area contributed by atoms with Crippen LogP contribution in [-0.2, 0) is 11.2 Å². The van der Waals surface area contributed by atoms with Crippen LogP contribution in [0, 0.1) is 5.82 Å². The molecule has 0 atom stereocenters. The van der Waals surface area contributed by atoms with Crippen LogP contribution in [0.15, 0.2) is 29.8 Å². The van der Waals surface area contributed by atoms with E-state index in [9.17, 15) is 4.39 Å². The zero-order chi connectivity index (χ0) is 14.1. The van der Waals surface area contributed by atoms with Gasteiger partial charge in [-0.05, 0) is 50.1 Å². The number of methoxy groups -OCH3 is 1. The van der Waals surface area contributed by atoms with Crippen molar-refractivity contribution in [3.63, 3.8) is 0 Å². The average molecular weight is 286 g/mol. The molecule has 0 aliphatic heterocycles. The predicted molar refractivity (Wildman–Crippen MR) is 78.2 cm³/mol. The molecule has 1 N–H and O–H groups in total. The van der Waals surface area contributed by atoms with Gasteiger partial charge in [0.15, 0.2) is 0 Å². The lowest BCUT2D eigenvalue weighted by Gasteiger charge is -2.05. The summed E-state index contributed by atoms with van der Waals surface area (Å²) in [4.78, 5) is 0. The van der Waals surface area contributed by atoms with E-state index in [4.69, 9.17) is 16.3 Å². The first kappa shape index (κ1) is 16.2. The zero-order valence-corrected chi connectivity index (χ0v) is 12.3. The van der Waals surface area contributed by atoms with E-state index in [1.165, 1.54) is 6.07 Å². The quantitative estimate of drug-likeness (QED) is 0.582. The van der Waals surface area contributed by atoms with Crippen LogP contribution in [-0.4, -0.2) is 26.8 Å². The monoisotopic (exact) mass is 285 g/mol. The molecular formula is C15H21ClFNO. The second-order valence-electron chi connectivity index (χ2n) is 4.49. The lowest BCUT2D eigenvalue weighted by molar-refractivity contribution is 0.199. The summed E-state index contributed by atoms with van der Waals surface area (Å²) in [6, 6.07) is 4.67. The fourth-order valence-corrected chi connectivity index (χ4v) is 1.97. The van der Waals surface area contributed by atoms with Crippen LogP contribution >= 0.6 is 11.6 Å². The van der Waals surface area contributed by atoms with E-state index in [1.807, 2.05) is 6.92 Å². The highest BCUT2D eigenvalue weighted by atomic mass is 35.5. The number of halogens is 2. The number of ether oxygens (including phenoxy) is 1. The molecule has 106 valence electrons. The summed E-state index contributed by atoms with van der Waals surface area (Å²) in [5, 5.41) is 3.84. The number of hydrogen-bond donors (Lipinski definition) is 1. The van der Waals surface area contributed by atoms with Crippen molar-refractivity contribution in [3.8, 4) is 0 Å². The third-order valence-electron chi connectivity index (χ3n) is 2.77. The van der Waals surface area contributed by atoms with Gasteiger partial charge in [-0.2, -0.15) is 0 Å². The molecule has 4 heteroatoms. The van der Waals surface area contributed by atoms with Crippen molar-refractivity contribution in [2.45, 2.75) is 19.8 Å². The number of nitrogens with one attached hydrogen (secondary N) is 1. The molecule has 1 aromatic rings. The highest BCUT2D eigenvalue weighted by Crippen LogP contribution is 2.18. The Morgan fingerprint density at radius 1 is 1.42 bits per heavy atom. The standard InChI is InChI=1S/C15H21ClFNO/c1-12(4-3-7-18-8-9-19-2)10-13-11-14(16)5-6-15(13)17/h4-6,11,18H,3,7-10H2,1-2H3/b12-4-. The molecule has 0 amide bonds. The van der Waals surface area contributed by atoms with Crippen molar-refractivity contribution < 1.29 is 9.13 Å². The average Bonchev–Trinajstić information content (AvgIpc) is 2.38. The maximum atomic E-state index is 13.5. The van der Waals surface area contributed by atoms with Crippen LogP contribution in [0.1, 0.15) is 18.9 Å². The summed E-state index contributed by atoms with van der Waals surface area (Å²) in [5.74, 6) is -0.199. The Hall–Kier alpha value is -0.900. The molecule has 1 rings (SSSR count). The maximum Gasteiger partial charge on any atom is 0.126 e. The molecule has 0 aromatic heterocycles. The minimum atomic E-state index is -0.199. The van der Waals surface area contributed by atoms with Crippen molar-refractivity contribution in [2.75, 3.05) is 26.8 Å². The Balaban J connectivity index is 2.37. The molecule has 0 spiro atoms. The van der Waals surface area contributed by atoms with E-state index in [-0.39, 0.29) is 5.82 Å². The zero-order valence-electron chi connectivity index (χ0n) is 11.5. The molecule has 19 heavy (non-hydrogen) atoms. The van der Waals surface area contributed by atoms with Gasteiger partial charge in [-0.25, -0.2) is 4.39 Å². The minimum absolute atomic E-state index is 0.199. The van der Waals surface area contributed by atoms with Gasteiger partial charge >= 0.3 is 0 Å². The van der Waals surface area contributed by atoms with Gasteiger partial charge in [-0.3, -0.25) is 0 Å². The second kappa shape index (κ2) is 9.08. The normalized spacial score (nSPS) is 11.9. The Morgan fingerprint density at radius 2 is 2.21 bits per heavy atom. The first-order valence-corrected chi connectivity index (χ1v) is 6.80. The van der Waals surface area contributed by atoms with Gasteiger partial charge in [0, 0.05) is 18.7 Å². The summed E-state index contributed by atoms with van der Waals surface area (Å²) < 4.78 is 18.5. The van der Waals surface area contributed by atoms with Crippen molar-refractivity contribution in [2.24, 2.45) is 0 Å². The summed E-state index contributed by atoms with van der Waals surface area (Å²) >= 11 is 5.87. The number of rotatable bonds is 8. The largest absolute Gasteiger partial charge is 0.383 e. The van der Waals surface area contributed by atoms with E-state index in [1.54, 1.807) is 19.2 Å². The highest BCUT2D eigenvalue weighted by molar-refractivity contribution is 6.30. The molecule has 1 aromatic carbocycles.